The van der Waals surface area contributed by atoms with Gasteiger partial charge in [0.1, 0.15) is 11.6 Å². The van der Waals surface area contributed by atoms with E-state index < -0.39 is 43.0 Å². The molecular weight excluding hydrogens is 347 g/mol. The van der Waals surface area contributed by atoms with Gasteiger partial charge in [0.05, 0.1) is 9.85 Å². The fraction of sp³-hybridized carbons (Fsp3) is 0.0769. The molecule has 11 heteroatoms. The maximum atomic E-state index is 13.2. The maximum absolute atomic E-state index is 13.2. The minimum Gasteiger partial charge on any atom is -0.375 e. The lowest BCUT2D eigenvalue weighted by Crippen LogP contribution is -2.13. The first-order valence-electron chi connectivity index (χ1n) is 6.27. The molecule has 0 atom stereocenters. The standard InChI is InChI=1S/C13H9FN2O7S/c14-10-3-6-12(16(19)20)13(7-10)23-24(21,22)8-9-1-4-11(5-2-9)15(17)18/h1-7H,8H2. The summed E-state index contributed by atoms with van der Waals surface area (Å²) in [4.78, 5) is 19.8. The van der Waals surface area contributed by atoms with E-state index in [1.165, 1.54) is 12.1 Å². The average molecular weight is 356 g/mol. The fourth-order valence-corrected chi connectivity index (χ4v) is 2.86. The fourth-order valence-electron chi connectivity index (χ4n) is 1.79. The van der Waals surface area contributed by atoms with Crippen molar-refractivity contribution in [3.05, 3.63) is 74.1 Å². The number of rotatable bonds is 6. The molecule has 0 saturated carbocycles. The van der Waals surface area contributed by atoms with Crippen molar-refractivity contribution in [2.45, 2.75) is 5.75 Å². The minimum absolute atomic E-state index is 0.166. The highest BCUT2D eigenvalue weighted by Gasteiger charge is 2.23. The van der Waals surface area contributed by atoms with Crippen molar-refractivity contribution in [2.24, 2.45) is 0 Å². The molecule has 0 spiro atoms. The Bertz CT molecular complexity index is 897. The van der Waals surface area contributed by atoms with Crippen LogP contribution >= 0.6 is 0 Å². The van der Waals surface area contributed by atoms with Crippen molar-refractivity contribution in [1.82, 2.24) is 0 Å². The summed E-state index contributed by atoms with van der Waals surface area (Å²) in [5.74, 6) is -2.35. The molecule has 0 unspecified atom stereocenters. The summed E-state index contributed by atoms with van der Waals surface area (Å²) in [5.41, 5.74) is -0.763. The summed E-state index contributed by atoms with van der Waals surface area (Å²) in [5, 5.41) is 21.4. The highest BCUT2D eigenvalue weighted by atomic mass is 32.2. The predicted octanol–water partition coefficient (Wildman–Crippen LogP) is 2.55. The molecule has 2 aromatic rings. The van der Waals surface area contributed by atoms with E-state index in [0.29, 0.717) is 6.07 Å². The summed E-state index contributed by atoms with van der Waals surface area (Å²) in [6, 6.07) is 6.80. The van der Waals surface area contributed by atoms with Crippen LogP contribution in [-0.4, -0.2) is 18.3 Å². The van der Waals surface area contributed by atoms with E-state index >= 15 is 0 Å². The lowest BCUT2D eigenvalue weighted by molar-refractivity contribution is -0.385. The van der Waals surface area contributed by atoms with E-state index in [1.54, 1.807) is 0 Å². The monoisotopic (exact) mass is 356 g/mol. The number of nitro benzene ring substituents is 2. The van der Waals surface area contributed by atoms with Gasteiger partial charge in [-0.15, -0.1) is 0 Å². The average Bonchev–Trinajstić information content (AvgIpc) is 2.46. The van der Waals surface area contributed by atoms with E-state index in [9.17, 15) is 33.0 Å². The number of nitro groups is 2. The number of non-ortho nitro benzene ring substituents is 1. The second-order valence-electron chi connectivity index (χ2n) is 4.58. The van der Waals surface area contributed by atoms with Crippen LogP contribution < -0.4 is 4.18 Å². The zero-order chi connectivity index (χ0) is 17.9. The molecule has 0 aliphatic carbocycles. The van der Waals surface area contributed by atoms with Crippen molar-refractivity contribution in [3.63, 3.8) is 0 Å². The SMILES string of the molecule is O=[N+]([O-])c1ccc(CS(=O)(=O)Oc2cc(F)ccc2[N+](=O)[O-])cc1. The van der Waals surface area contributed by atoms with Gasteiger partial charge in [-0.2, -0.15) is 8.42 Å². The highest BCUT2D eigenvalue weighted by Crippen LogP contribution is 2.29. The first kappa shape index (κ1) is 17.3. The molecule has 2 rings (SSSR count). The summed E-state index contributed by atoms with van der Waals surface area (Å²) >= 11 is 0. The molecule has 0 heterocycles. The Kier molecular flexibility index (Phi) is 4.74. The van der Waals surface area contributed by atoms with Crippen molar-refractivity contribution in [1.29, 1.82) is 0 Å². The zero-order valence-corrected chi connectivity index (χ0v) is 12.6. The zero-order valence-electron chi connectivity index (χ0n) is 11.8. The summed E-state index contributed by atoms with van der Waals surface area (Å²) < 4.78 is 41.7. The molecule has 0 bridgehead atoms. The van der Waals surface area contributed by atoms with Crippen LogP contribution in [0.2, 0.25) is 0 Å². The normalized spacial score (nSPS) is 11.0. The van der Waals surface area contributed by atoms with Crippen LogP contribution in [0.15, 0.2) is 42.5 Å². The van der Waals surface area contributed by atoms with E-state index in [2.05, 4.69) is 4.18 Å². The van der Waals surface area contributed by atoms with Crippen LogP contribution in [0.5, 0.6) is 5.75 Å². The second kappa shape index (κ2) is 6.58. The van der Waals surface area contributed by atoms with Crippen LogP contribution in [-0.2, 0) is 15.9 Å². The lowest BCUT2D eigenvalue weighted by Gasteiger charge is -2.07. The van der Waals surface area contributed by atoms with E-state index in [0.717, 1.165) is 24.3 Å². The Morgan fingerprint density at radius 2 is 1.62 bits per heavy atom. The molecule has 0 aliphatic rings. The van der Waals surface area contributed by atoms with Gasteiger partial charge in [0.2, 0.25) is 5.75 Å². The second-order valence-corrected chi connectivity index (χ2v) is 6.15. The Morgan fingerprint density at radius 1 is 1.00 bits per heavy atom. The smallest absolute Gasteiger partial charge is 0.313 e. The van der Waals surface area contributed by atoms with Crippen molar-refractivity contribution >= 4 is 21.5 Å². The third kappa shape index (κ3) is 4.23. The number of hydrogen-bond acceptors (Lipinski definition) is 7. The van der Waals surface area contributed by atoms with Gasteiger partial charge < -0.3 is 4.18 Å². The largest absolute Gasteiger partial charge is 0.375 e. The number of nitrogens with zero attached hydrogens (tertiary/aromatic N) is 2. The van der Waals surface area contributed by atoms with Gasteiger partial charge in [0.25, 0.3) is 5.69 Å². The van der Waals surface area contributed by atoms with Crippen molar-refractivity contribution in [2.75, 3.05) is 0 Å². The molecule has 0 aliphatic heterocycles. The predicted molar refractivity (Wildman–Crippen MR) is 79.4 cm³/mol. The quantitative estimate of drug-likeness (QED) is 0.441. The van der Waals surface area contributed by atoms with Crippen LogP contribution in [0.4, 0.5) is 15.8 Å². The van der Waals surface area contributed by atoms with Gasteiger partial charge in [-0.3, -0.25) is 20.2 Å². The third-order valence-electron chi connectivity index (χ3n) is 2.83. The van der Waals surface area contributed by atoms with E-state index in [1.807, 2.05) is 0 Å². The Balaban J connectivity index is 2.24. The molecule has 126 valence electrons. The van der Waals surface area contributed by atoms with Gasteiger partial charge in [-0.25, -0.2) is 4.39 Å². The van der Waals surface area contributed by atoms with Gasteiger partial charge in [-0.1, -0.05) is 12.1 Å². The Morgan fingerprint density at radius 3 is 2.17 bits per heavy atom. The minimum atomic E-state index is -4.33. The van der Waals surface area contributed by atoms with Gasteiger partial charge >= 0.3 is 15.8 Å². The van der Waals surface area contributed by atoms with Crippen molar-refractivity contribution < 1.29 is 26.8 Å². The van der Waals surface area contributed by atoms with Crippen LogP contribution in [0, 0.1) is 26.0 Å². The van der Waals surface area contributed by atoms with Gasteiger partial charge in [0.15, 0.2) is 0 Å². The van der Waals surface area contributed by atoms with Crippen LogP contribution in [0.3, 0.4) is 0 Å². The highest BCUT2D eigenvalue weighted by molar-refractivity contribution is 7.86. The molecule has 0 radical (unpaired) electrons. The molecule has 24 heavy (non-hydrogen) atoms. The van der Waals surface area contributed by atoms with Crippen LogP contribution in [0.25, 0.3) is 0 Å². The molecule has 0 amide bonds. The molecule has 0 fully saturated rings. The summed E-state index contributed by atoms with van der Waals surface area (Å²) in [6.45, 7) is 0. The molecule has 0 N–H and O–H groups in total. The third-order valence-corrected chi connectivity index (χ3v) is 3.95. The molecule has 0 saturated heterocycles. The summed E-state index contributed by atoms with van der Waals surface area (Å²) in [7, 11) is -4.33. The van der Waals surface area contributed by atoms with Gasteiger partial charge in [-0.05, 0) is 11.6 Å². The number of benzene rings is 2. The molecule has 2 aromatic carbocycles. The first-order valence-corrected chi connectivity index (χ1v) is 7.85. The molecular formula is C13H9FN2O7S. The van der Waals surface area contributed by atoms with E-state index in [-0.39, 0.29) is 11.3 Å². The number of halogens is 1. The van der Waals surface area contributed by atoms with Crippen molar-refractivity contribution in [3.8, 4) is 5.75 Å². The Labute approximate surface area is 134 Å². The van der Waals surface area contributed by atoms with Gasteiger partial charge in [0, 0.05) is 24.3 Å². The first-order chi connectivity index (χ1) is 11.2. The Hall–Kier alpha value is -3.08. The molecule has 9 nitrogen and oxygen atoms in total. The summed E-state index contributed by atoms with van der Waals surface area (Å²) in [6.07, 6.45) is 0. The number of hydrogen-bond donors (Lipinski definition) is 0. The lowest BCUT2D eigenvalue weighted by atomic mass is 10.2. The maximum Gasteiger partial charge on any atom is 0.313 e. The van der Waals surface area contributed by atoms with E-state index in [4.69, 9.17) is 0 Å². The topological polar surface area (TPSA) is 130 Å². The molecule has 0 aromatic heterocycles. The van der Waals surface area contributed by atoms with Crippen LogP contribution in [0.1, 0.15) is 5.56 Å².